The molecule has 0 aromatic carbocycles. The monoisotopic (exact) mass is 284 g/mol. The first-order chi connectivity index (χ1) is 10.1. The highest BCUT2D eigenvalue weighted by atomic mass is 14.9. The topological polar surface area (TPSA) is 24.9 Å². The Hall–Kier alpha value is -0.890. The molecule has 0 radical (unpaired) electrons. The molecular formula is C19H28N2. The fourth-order valence-corrected chi connectivity index (χ4v) is 6.59. The Morgan fingerprint density at radius 3 is 2.62 bits per heavy atom. The largest absolute Gasteiger partial charge is 0.316 e. The van der Waals surface area contributed by atoms with Gasteiger partial charge in [-0.2, -0.15) is 0 Å². The van der Waals surface area contributed by atoms with Gasteiger partial charge in [0.2, 0.25) is 0 Å². The molecule has 0 aliphatic heterocycles. The van der Waals surface area contributed by atoms with Crippen LogP contribution in [-0.2, 0) is 6.42 Å². The number of hydrogen-bond donors (Lipinski definition) is 1. The maximum atomic E-state index is 4.30. The lowest BCUT2D eigenvalue weighted by Gasteiger charge is -2.63. The smallest absolute Gasteiger partial charge is 0.0300 e. The highest BCUT2D eigenvalue weighted by Gasteiger charge is 2.57. The third-order valence-corrected chi connectivity index (χ3v) is 6.65. The molecule has 3 unspecified atom stereocenters. The second kappa shape index (κ2) is 4.81. The predicted molar refractivity (Wildman–Crippen MR) is 86.0 cm³/mol. The number of pyridine rings is 1. The number of likely N-dealkylation sites (N-methyl/N-ethyl adjacent to an activating group) is 1. The molecule has 5 rings (SSSR count). The quantitative estimate of drug-likeness (QED) is 0.909. The van der Waals surface area contributed by atoms with Crippen LogP contribution < -0.4 is 5.32 Å². The van der Waals surface area contributed by atoms with Crippen molar-refractivity contribution >= 4 is 0 Å². The summed E-state index contributed by atoms with van der Waals surface area (Å²) in [5.41, 5.74) is 2.56. The van der Waals surface area contributed by atoms with Crippen molar-refractivity contribution in [1.29, 1.82) is 0 Å². The Kier molecular flexibility index (Phi) is 3.15. The van der Waals surface area contributed by atoms with Crippen LogP contribution in [-0.4, -0.2) is 18.1 Å². The normalized spacial score (nSPS) is 42.2. The summed E-state index contributed by atoms with van der Waals surface area (Å²) in [5.74, 6) is 2.00. The van der Waals surface area contributed by atoms with E-state index in [0.29, 0.717) is 16.9 Å². The van der Waals surface area contributed by atoms with Crippen LogP contribution in [0.2, 0.25) is 0 Å². The molecule has 4 aliphatic rings. The number of hydrogen-bond acceptors (Lipinski definition) is 2. The Bertz CT molecular complexity index is 496. The SMILES string of the molecule is CNC(Cc1cccnc1)C12CC3CC(CC(C)(C3)C1)C2. The van der Waals surface area contributed by atoms with Crippen molar-refractivity contribution in [2.75, 3.05) is 7.05 Å². The number of rotatable bonds is 4. The Morgan fingerprint density at radius 1 is 1.29 bits per heavy atom. The van der Waals surface area contributed by atoms with Crippen molar-refractivity contribution in [3.8, 4) is 0 Å². The van der Waals surface area contributed by atoms with Gasteiger partial charge >= 0.3 is 0 Å². The van der Waals surface area contributed by atoms with Gasteiger partial charge in [-0.1, -0.05) is 13.0 Å². The Labute approximate surface area is 128 Å². The number of nitrogens with one attached hydrogen (secondary N) is 1. The highest BCUT2D eigenvalue weighted by Crippen LogP contribution is 2.66. The molecular weight excluding hydrogens is 256 g/mol. The summed E-state index contributed by atoms with van der Waals surface area (Å²) in [6.45, 7) is 2.57. The van der Waals surface area contributed by atoms with Gasteiger partial charge in [-0.05, 0) is 86.3 Å². The molecule has 4 aliphatic carbocycles. The van der Waals surface area contributed by atoms with Crippen LogP contribution in [0, 0.1) is 22.7 Å². The fourth-order valence-electron chi connectivity index (χ4n) is 6.59. The second-order valence-electron chi connectivity index (χ2n) is 8.54. The molecule has 4 fully saturated rings. The van der Waals surface area contributed by atoms with Gasteiger partial charge in [0, 0.05) is 18.4 Å². The maximum Gasteiger partial charge on any atom is 0.0300 e. The van der Waals surface area contributed by atoms with Gasteiger partial charge in [-0.15, -0.1) is 0 Å². The molecule has 4 bridgehead atoms. The van der Waals surface area contributed by atoms with Crippen LogP contribution in [0.3, 0.4) is 0 Å². The minimum absolute atomic E-state index is 0.545. The summed E-state index contributed by atoms with van der Waals surface area (Å²) in [7, 11) is 2.17. The minimum atomic E-state index is 0.545. The third-order valence-electron chi connectivity index (χ3n) is 6.65. The molecule has 1 aromatic heterocycles. The van der Waals surface area contributed by atoms with Gasteiger partial charge < -0.3 is 5.32 Å². The zero-order valence-corrected chi connectivity index (χ0v) is 13.4. The molecule has 21 heavy (non-hydrogen) atoms. The van der Waals surface area contributed by atoms with Crippen molar-refractivity contribution in [1.82, 2.24) is 10.3 Å². The lowest BCUT2D eigenvalue weighted by molar-refractivity contribution is -0.117. The molecule has 1 aromatic rings. The van der Waals surface area contributed by atoms with Crippen LogP contribution in [0.5, 0.6) is 0 Å². The van der Waals surface area contributed by atoms with Gasteiger partial charge in [-0.25, -0.2) is 0 Å². The van der Waals surface area contributed by atoms with Gasteiger partial charge in [-0.3, -0.25) is 4.98 Å². The van der Waals surface area contributed by atoms with E-state index in [1.807, 2.05) is 12.4 Å². The van der Waals surface area contributed by atoms with E-state index < -0.39 is 0 Å². The molecule has 0 saturated heterocycles. The number of aromatic nitrogens is 1. The lowest BCUT2D eigenvalue weighted by atomic mass is 9.43. The van der Waals surface area contributed by atoms with E-state index in [1.165, 1.54) is 44.1 Å². The van der Waals surface area contributed by atoms with Crippen molar-refractivity contribution in [3.63, 3.8) is 0 Å². The lowest BCUT2D eigenvalue weighted by Crippen LogP contribution is -2.58. The summed E-state index contributed by atoms with van der Waals surface area (Å²) in [6, 6.07) is 4.93. The molecule has 0 spiro atoms. The predicted octanol–water partition coefficient (Wildman–Crippen LogP) is 3.82. The van der Waals surface area contributed by atoms with E-state index in [-0.39, 0.29) is 0 Å². The first-order valence-corrected chi connectivity index (χ1v) is 8.67. The zero-order valence-electron chi connectivity index (χ0n) is 13.4. The Morgan fingerprint density at radius 2 is 2.05 bits per heavy atom. The van der Waals surface area contributed by atoms with E-state index in [9.17, 15) is 0 Å². The highest BCUT2D eigenvalue weighted by molar-refractivity contribution is 5.15. The second-order valence-corrected chi connectivity index (χ2v) is 8.54. The number of nitrogens with zero attached hydrogens (tertiary/aromatic N) is 1. The van der Waals surface area contributed by atoms with Crippen LogP contribution in [0.4, 0.5) is 0 Å². The standard InChI is InChI=1S/C19H28N2/c1-18-8-15-6-16(9-18)11-19(10-15,13-18)17(20-2)7-14-4-3-5-21-12-14/h3-5,12,15-17,20H,6-11,13H2,1-2H3. The van der Waals surface area contributed by atoms with E-state index in [0.717, 1.165) is 18.3 Å². The average molecular weight is 284 g/mol. The first-order valence-electron chi connectivity index (χ1n) is 8.67. The average Bonchev–Trinajstić information content (AvgIpc) is 2.43. The summed E-state index contributed by atoms with van der Waals surface area (Å²) in [4.78, 5) is 4.30. The van der Waals surface area contributed by atoms with Crippen molar-refractivity contribution < 1.29 is 0 Å². The molecule has 0 amide bonds. The summed E-state index contributed by atoms with van der Waals surface area (Å²) in [6.07, 6.45) is 13.9. The van der Waals surface area contributed by atoms with E-state index in [4.69, 9.17) is 0 Å². The van der Waals surface area contributed by atoms with Crippen molar-refractivity contribution in [2.45, 2.75) is 57.9 Å². The Balaban J connectivity index is 1.61. The first kappa shape index (κ1) is 13.8. The molecule has 2 heteroatoms. The molecule has 3 atom stereocenters. The van der Waals surface area contributed by atoms with Crippen LogP contribution in [0.15, 0.2) is 24.5 Å². The summed E-state index contributed by atoms with van der Waals surface area (Å²) >= 11 is 0. The van der Waals surface area contributed by atoms with Crippen LogP contribution in [0.1, 0.15) is 51.0 Å². The molecule has 1 heterocycles. The van der Waals surface area contributed by atoms with E-state index >= 15 is 0 Å². The van der Waals surface area contributed by atoms with Gasteiger partial charge in [0.25, 0.3) is 0 Å². The molecule has 2 nitrogen and oxygen atoms in total. The van der Waals surface area contributed by atoms with Gasteiger partial charge in [0.1, 0.15) is 0 Å². The van der Waals surface area contributed by atoms with E-state index in [1.54, 1.807) is 0 Å². The summed E-state index contributed by atoms with van der Waals surface area (Å²) < 4.78 is 0. The summed E-state index contributed by atoms with van der Waals surface area (Å²) in [5, 5.41) is 3.70. The minimum Gasteiger partial charge on any atom is -0.316 e. The van der Waals surface area contributed by atoms with Crippen molar-refractivity contribution in [3.05, 3.63) is 30.1 Å². The zero-order chi connectivity index (χ0) is 14.5. The van der Waals surface area contributed by atoms with Gasteiger partial charge in [0.05, 0.1) is 0 Å². The van der Waals surface area contributed by atoms with Crippen LogP contribution in [0.25, 0.3) is 0 Å². The van der Waals surface area contributed by atoms with Crippen molar-refractivity contribution in [2.24, 2.45) is 22.7 Å². The third kappa shape index (κ3) is 2.32. The van der Waals surface area contributed by atoms with E-state index in [2.05, 4.69) is 36.4 Å². The molecule has 1 N–H and O–H groups in total. The van der Waals surface area contributed by atoms with Gasteiger partial charge in [0.15, 0.2) is 0 Å². The molecule has 4 saturated carbocycles. The van der Waals surface area contributed by atoms with Crippen LogP contribution >= 0.6 is 0 Å². The maximum absolute atomic E-state index is 4.30. The fraction of sp³-hybridized carbons (Fsp3) is 0.737. The molecule has 114 valence electrons.